The molecule has 2 unspecified atom stereocenters. The Morgan fingerprint density at radius 1 is 1.43 bits per heavy atom. The van der Waals surface area contributed by atoms with E-state index in [1.807, 2.05) is 20.8 Å². The third-order valence-electron chi connectivity index (χ3n) is 4.14. The summed E-state index contributed by atoms with van der Waals surface area (Å²) < 4.78 is 6.13. The molecule has 1 aliphatic rings. The quantitative estimate of drug-likeness (QED) is 0.875. The van der Waals surface area contributed by atoms with Crippen molar-refractivity contribution in [2.75, 3.05) is 0 Å². The van der Waals surface area contributed by atoms with E-state index in [-0.39, 0.29) is 18.1 Å². The smallest absolute Gasteiger partial charge is 0.237 e. The summed E-state index contributed by atoms with van der Waals surface area (Å²) >= 11 is 0. The van der Waals surface area contributed by atoms with E-state index in [1.165, 1.54) is 5.56 Å². The average molecular weight is 290 g/mol. The molecule has 2 rings (SSSR count). The maximum absolute atomic E-state index is 11.9. The van der Waals surface area contributed by atoms with Crippen LogP contribution in [0, 0.1) is 13.8 Å². The van der Waals surface area contributed by atoms with Gasteiger partial charge in [-0.05, 0) is 57.7 Å². The molecule has 116 valence electrons. The molecule has 0 aliphatic heterocycles. The number of ether oxygens (including phenoxy) is 1. The molecule has 1 aliphatic carbocycles. The SMILES string of the molecule is Cc1ccc(C)c(OC2CCC(NC(C)C)(C(N)=O)C2)c1. The molecule has 4 nitrogen and oxygen atoms in total. The molecule has 1 saturated carbocycles. The maximum Gasteiger partial charge on any atom is 0.237 e. The third kappa shape index (κ3) is 3.56. The lowest BCUT2D eigenvalue weighted by Gasteiger charge is -2.29. The van der Waals surface area contributed by atoms with Crippen LogP contribution in [0.2, 0.25) is 0 Å². The highest BCUT2D eigenvalue weighted by Gasteiger charge is 2.45. The normalized spacial score (nSPS) is 25.3. The van der Waals surface area contributed by atoms with Crippen molar-refractivity contribution in [1.82, 2.24) is 5.32 Å². The predicted molar refractivity (Wildman–Crippen MR) is 84.4 cm³/mol. The first kappa shape index (κ1) is 15.8. The highest BCUT2D eigenvalue weighted by atomic mass is 16.5. The minimum absolute atomic E-state index is 0.0317. The minimum Gasteiger partial charge on any atom is -0.490 e. The van der Waals surface area contributed by atoms with Crippen LogP contribution in [0.15, 0.2) is 18.2 Å². The van der Waals surface area contributed by atoms with Crippen LogP contribution in [0.1, 0.15) is 44.2 Å². The number of hydrogen-bond acceptors (Lipinski definition) is 3. The second kappa shape index (κ2) is 6.06. The number of rotatable bonds is 5. The standard InChI is InChI=1S/C17H26N2O2/c1-11(2)19-17(16(18)20)8-7-14(10-17)21-15-9-12(3)5-6-13(15)4/h5-6,9,11,14,19H,7-8,10H2,1-4H3,(H2,18,20). The van der Waals surface area contributed by atoms with Crippen LogP contribution >= 0.6 is 0 Å². The first-order valence-corrected chi connectivity index (χ1v) is 7.64. The number of carbonyl (C=O) groups excluding carboxylic acids is 1. The largest absolute Gasteiger partial charge is 0.490 e. The molecular formula is C17H26N2O2. The van der Waals surface area contributed by atoms with Crippen LogP contribution in [0.25, 0.3) is 0 Å². The van der Waals surface area contributed by atoms with Crippen molar-refractivity contribution in [1.29, 1.82) is 0 Å². The van der Waals surface area contributed by atoms with Gasteiger partial charge in [0, 0.05) is 12.5 Å². The zero-order valence-electron chi connectivity index (χ0n) is 13.4. The minimum atomic E-state index is -0.628. The van der Waals surface area contributed by atoms with Crippen LogP contribution in [-0.4, -0.2) is 23.6 Å². The van der Waals surface area contributed by atoms with Crippen molar-refractivity contribution in [3.8, 4) is 5.75 Å². The number of carbonyl (C=O) groups is 1. The fraction of sp³-hybridized carbons (Fsp3) is 0.588. The Hall–Kier alpha value is -1.55. The molecule has 1 aromatic rings. The monoisotopic (exact) mass is 290 g/mol. The average Bonchev–Trinajstić information content (AvgIpc) is 2.77. The topological polar surface area (TPSA) is 64.3 Å². The second-order valence-corrected chi connectivity index (χ2v) is 6.50. The lowest BCUT2D eigenvalue weighted by Crippen LogP contribution is -2.56. The lowest BCUT2D eigenvalue weighted by molar-refractivity contribution is -0.124. The van der Waals surface area contributed by atoms with Gasteiger partial charge in [0.05, 0.1) is 0 Å². The summed E-state index contributed by atoms with van der Waals surface area (Å²) in [6.07, 6.45) is 2.24. The summed E-state index contributed by atoms with van der Waals surface area (Å²) in [6.45, 7) is 8.15. The summed E-state index contributed by atoms with van der Waals surface area (Å²) in [5.74, 6) is 0.632. The molecule has 0 aromatic heterocycles. The molecule has 3 N–H and O–H groups in total. The van der Waals surface area contributed by atoms with Crippen molar-refractivity contribution in [2.24, 2.45) is 5.73 Å². The summed E-state index contributed by atoms with van der Waals surface area (Å²) in [5, 5.41) is 3.34. The fourth-order valence-electron chi connectivity index (χ4n) is 3.09. The van der Waals surface area contributed by atoms with Gasteiger partial charge in [-0.15, -0.1) is 0 Å². The summed E-state index contributed by atoms with van der Waals surface area (Å²) in [6, 6.07) is 6.41. The van der Waals surface area contributed by atoms with Crippen LogP contribution < -0.4 is 15.8 Å². The van der Waals surface area contributed by atoms with Gasteiger partial charge < -0.3 is 15.8 Å². The van der Waals surface area contributed by atoms with Crippen molar-refractivity contribution in [3.05, 3.63) is 29.3 Å². The molecule has 0 radical (unpaired) electrons. The summed E-state index contributed by atoms with van der Waals surface area (Å²) in [5.41, 5.74) is 7.30. The van der Waals surface area contributed by atoms with Crippen molar-refractivity contribution in [2.45, 2.75) is 64.6 Å². The van der Waals surface area contributed by atoms with Gasteiger partial charge in [0.25, 0.3) is 0 Å². The van der Waals surface area contributed by atoms with Gasteiger partial charge in [-0.3, -0.25) is 4.79 Å². The molecule has 0 bridgehead atoms. The Kier molecular flexibility index (Phi) is 4.57. The lowest BCUT2D eigenvalue weighted by atomic mass is 9.95. The van der Waals surface area contributed by atoms with E-state index in [4.69, 9.17) is 10.5 Å². The number of primary amides is 1. The number of aryl methyl sites for hydroxylation is 2. The zero-order chi connectivity index (χ0) is 15.6. The van der Waals surface area contributed by atoms with Gasteiger partial charge in [-0.2, -0.15) is 0 Å². The number of nitrogens with one attached hydrogen (secondary N) is 1. The number of hydrogen-bond donors (Lipinski definition) is 2. The Balaban J connectivity index is 2.10. The van der Waals surface area contributed by atoms with Crippen molar-refractivity contribution >= 4 is 5.91 Å². The van der Waals surface area contributed by atoms with Gasteiger partial charge in [0.15, 0.2) is 0 Å². The van der Waals surface area contributed by atoms with Gasteiger partial charge in [-0.1, -0.05) is 12.1 Å². The molecule has 1 aromatic carbocycles. The van der Waals surface area contributed by atoms with Crippen LogP contribution in [0.3, 0.4) is 0 Å². The fourth-order valence-corrected chi connectivity index (χ4v) is 3.09. The number of nitrogens with two attached hydrogens (primary N) is 1. The van der Waals surface area contributed by atoms with Gasteiger partial charge in [0.2, 0.25) is 5.91 Å². The maximum atomic E-state index is 11.9. The van der Waals surface area contributed by atoms with Crippen LogP contribution in [-0.2, 0) is 4.79 Å². The summed E-state index contributed by atoms with van der Waals surface area (Å²) in [7, 11) is 0. The first-order valence-electron chi connectivity index (χ1n) is 7.64. The summed E-state index contributed by atoms with van der Waals surface area (Å²) in [4.78, 5) is 11.9. The van der Waals surface area contributed by atoms with Crippen LogP contribution in [0.5, 0.6) is 5.75 Å². The Morgan fingerprint density at radius 3 is 2.76 bits per heavy atom. The number of amides is 1. The molecule has 1 amide bonds. The zero-order valence-corrected chi connectivity index (χ0v) is 13.4. The second-order valence-electron chi connectivity index (χ2n) is 6.50. The van der Waals surface area contributed by atoms with Crippen molar-refractivity contribution in [3.63, 3.8) is 0 Å². The molecule has 2 atom stereocenters. The molecular weight excluding hydrogens is 264 g/mol. The van der Waals surface area contributed by atoms with E-state index in [0.717, 1.165) is 24.2 Å². The molecule has 0 spiro atoms. The van der Waals surface area contributed by atoms with E-state index in [0.29, 0.717) is 6.42 Å². The molecule has 0 saturated heterocycles. The van der Waals surface area contributed by atoms with E-state index in [9.17, 15) is 4.79 Å². The molecule has 1 fully saturated rings. The first-order chi connectivity index (χ1) is 9.82. The molecule has 4 heteroatoms. The van der Waals surface area contributed by atoms with E-state index < -0.39 is 5.54 Å². The van der Waals surface area contributed by atoms with E-state index in [1.54, 1.807) is 0 Å². The highest BCUT2D eigenvalue weighted by Crippen LogP contribution is 2.34. The van der Waals surface area contributed by atoms with Gasteiger partial charge >= 0.3 is 0 Å². The molecule has 0 heterocycles. The molecule has 21 heavy (non-hydrogen) atoms. The van der Waals surface area contributed by atoms with Crippen molar-refractivity contribution < 1.29 is 9.53 Å². The Labute approximate surface area is 127 Å². The number of benzene rings is 1. The van der Waals surface area contributed by atoms with Gasteiger partial charge in [0.1, 0.15) is 17.4 Å². The highest BCUT2D eigenvalue weighted by molar-refractivity contribution is 5.85. The Morgan fingerprint density at radius 2 is 2.14 bits per heavy atom. The Bertz CT molecular complexity index is 528. The van der Waals surface area contributed by atoms with E-state index >= 15 is 0 Å². The van der Waals surface area contributed by atoms with Crippen LogP contribution in [0.4, 0.5) is 0 Å². The van der Waals surface area contributed by atoms with Gasteiger partial charge in [-0.25, -0.2) is 0 Å². The van der Waals surface area contributed by atoms with E-state index in [2.05, 4.69) is 30.4 Å². The third-order valence-corrected chi connectivity index (χ3v) is 4.14. The predicted octanol–water partition coefficient (Wildman–Crippen LogP) is 2.46.